The Hall–Kier alpha value is -3.65. The van der Waals surface area contributed by atoms with Crippen molar-refractivity contribution in [1.82, 2.24) is 9.38 Å². The largest absolute Gasteiger partial charge is 0.306 e. The van der Waals surface area contributed by atoms with Crippen LogP contribution in [-0.4, -0.2) is 9.38 Å². The van der Waals surface area contributed by atoms with Gasteiger partial charge in [0.25, 0.3) is 0 Å². The summed E-state index contributed by atoms with van der Waals surface area (Å²) in [5.41, 5.74) is 5.83. The van der Waals surface area contributed by atoms with Crippen LogP contribution in [0.1, 0.15) is 0 Å². The number of hydrogen-bond acceptors (Lipinski definition) is 1. The molecule has 0 spiro atoms. The highest BCUT2D eigenvalue weighted by molar-refractivity contribution is 6.28. The van der Waals surface area contributed by atoms with Gasteiger partial charge in [0, 0.05) is 26.9 Å². The van der Waals surface area contributed by atoms with Crippen LogP contribution in [0.4, 0.5) is 0 Å². The van der Waals surface area contributed by atoms with Crippen LogP contribution in [0.25, 0.3) is 59.9 Å². The molecule has 0 aliphatic carbocycles. The summed E-state index contributed by atoms with van der Waals surface area (Å²) in [5.74, 6) is 0. The van der Waals surface area contributed by atoms with Crippen LogP contribution in [-0.2, 0) is 0 Å². The predicted molar refractivity (Wildman–Crippen MR) is 114 cm³/mol. The molecule has 0 radical (unpaired) electrons. The first-order chi connectivity index (χ1) is 13.4. The lowest BCUT2D eigenvalue weighted by atomic mass is 10.0. The highest BCUT2D eigenvalue weighted by Crippen LogP contribution is 2.40. The van der Waals surface area contributed by atoms with E-state index in [2.05, 4.69) is 89.3 Å². The molecule has 0 atom stereocenters. The van der Waals surface area contributed by atoms with Crippen molar-refractivity contribution in [2.45, 2.75) is 0 Å². The average Bonchev–Trinajstić information content (AvgIpc) is 3.07. The van der Waals surface area contributed by atoms with Crippen molar-refractivity contribution in [1.29, 1.82) is 0 Å². The molecule has 124 valence electrons. The summed E-state index contributed by atoms with van der Waals surface area (Å²) in [6.07, 6.45) is 0. The number of hydrogen-bond donors (Lipinski definition) is 0. The van der Waals surface area contributed by atoms with E-state index in [-0.39, 0.29) is 0 Å². The SMILES string of the molecule is c1ccc2nc3c4cccc5ccc6c7ccccc7n(c3cc2c1)c6c54. The molecule has 2 nitrogen and oxygen atoms in total. The maximum absolute atomic E-state index is 5.09. The van der Waals surface area contributed by atoms with Crippen molar-refractivity contribution in [2.24, 2.45) is 0 Å². The van der Waals surface area contributed by atoms with Gasteiger partial charge in [0.05, 0.1) is 27.6 Å². The molecule has 0 N–H and O–H groups in total. The van der Waals surface area contributed by atoms with Gasteiger partial charge in [0.15, 0.2) is 0 Å². The summed E-state index contributed by atoms with van der Waals surface area (Å²) < 4.78 is 2.41. The molecule has 7 aromatic rings. The second kappa shape index (κ2) is 4.54. The average molecular weight is 342 g/mol. The minimum Gasteiger partial charge on any atom is -0.306 e. The number of benzene rings is 4. The summed E-state index contributed by atoms with van der Waals surface area (Å²) in [7, 11) is 0. The highest BCUT2D eigenvalue weighted by Gasteiger charge is 2.18. The van der Waals surface area contributed by atoms with Gasteiger partial charge >= 0.3 is 0 Å². The van der Waals surface area contributed by atoms with Crippen molar-refractivity contribution in [3.63, 3.8) is 0 Å². The zero-order chi connectivity index (χ0) is 17.5. The van der Waals surface area contributed by atoms with Gasteiger partial charge in [-0.05, 0) is 23.6 Å². The van der Waals surface area contributed by atoms with Crippen molar-refractivity contribution >= 4 is 59.9 Å². The third-order valence-electron chi connectivity index (χ3n) is 5.88. The zero-order valence-electron chi connectivity index (χ0n) is 14.5. The lowest BCUT2D eigenvalue weighted by Crippen LogP contribution is -1.94. The number of nitrogens with zero attached hydrogens (tertiary/aromatic N) is 2. The van der Waals surface area contributed by atoms with Gasteiger partial charge in [-0.25, -0.2) is 4.98 Å². The maximum Gasteiger partial charge on any atom is 0.0957 e. The van der Waals surface area contributed by atoms with Crippen molar-refractivity contribution in [3.05, 3.63) is 84.9 Å². The van der Waals surface area contributed by atoms with Gasteiger partial charge in [-0.2, -0.15) is 0 Å². The van der Waals surface area contributed by atoms with E-state index in [0.717, 1.165) is 11.0 Å². The molecule has 0 aliphatic heterocycles. The molecular weight excluding hydrogens is 328 g/mol. The quantitative estimate of drug-likeness (QED) is 0.226. The summed E-state index contributed by atoms with van der Waals surface area (Å²) in [5, 5.41) is 7.59. The zero-order valence-corrected chi connectivity index (χ0v) is 14.5. The molecule has 0 bridgehead atoms. The van der Waals surface area contributed by atoms with E-state index in [1.54, 1.807) is 0 Å². The van der Waals surface area contributed by atoms with E-state index < -0.39 is 0 Å². The number of pyridine rings is 2. The smallest absolute Gasteiger partial charge is 0.0957 e. The lowest BCUT2D eigenvalue weighted by Gasteiger charge is -2.13. The van der Waals surface area contributed by atoms with Crippen LogP contribution in [0, 0.1) is 0 Å². The minimum absolute atomic E-state index is 1.04. The third-order valence-corrected chi connectivity index (χ3v) is 5.88. The summed E-state index contributed by atoms with van der Waals surface area (Å²) in [6, 6.07) is 30.4. The van der Waals surface area contributed by atoms with E-state index >= 15 is 0 Å². The molecule has 0 amide bonds. The molecule has 0 fully saturated rings. The minimum atomic E-state index is 1.04. The molecule has 4 aromatic carbocycles. The second-order valence-electron chi connectivity index (χ2n) is 7.27. The van der Waals surface area contributed by atoms with E-state index in [0.29, 0.717) is 0 Å². The molecular formula is C25H14N2. The van der Waals surface area contributed by atoms with Crippen molar-refractivity contribution in [3.8, 4) is 0 Å². The predicted octanol–water partition coefficient (Wildman–Crippen LogP) is 6.54. The van der Waals surface area contributed by atoms with Crippen LogP contribution in [0.2, 0.25) is 0 Å². The molecule has 7 rings (SSSR count). The van der Waals surface area contributed by atoms with Crippen LogP contribution in [0.3, 0.4) is 0 Å². The monoisotopic (exact) mass is 342 g/mol. The Balaban J connectivity index is 1.96. The van der Waals surface area contributed by atoms with E-state index in [9.17, 15) is 0 Å². The molecule has 2 heteroatoms. The highest BCUT2D eigenvalue weighted by atomic mass is 14.9. The third kappa shape index (κ3) is 1.55. The molecule has 0 saturated carbocycles. The summed E-state index contributed by atoms with van der Waals surface area (Å²) in [4.78, 5) is 5.09. The lowest BCUT2D eigenvalue weighted by molar-refractivity contribution is 1.33. The molecule has 0 aliphatic rings. The van der Waals surface area contributed by atoms with Crippen LogP contribution in [0.5, 0.6) is 0 Å². The van der Waals surface area contributed by atoms with Crippen LogP contribution < -0.4 is 0 Å². The van der Waals surface area contributed by atoms with E-state index in [4.69, 9.17) is 4.98 Å². The molecule has 27 heavy (non-hydrogen) atoms. The first kappa shape index (κ1) is 13.5. The fraction of sp³-hybridized carbons (Fsp3) is 0. The normalized spacial score (nSPS) is 12.4. The van der Waals surface area contributed by atoms with Gasteiger partial charge < -0.3 is 4.40 Å². The van der Waals surface area contributed by atoms with Crippen molar-refractivity contribution in [2.75, 3.05) is 0 Å². The van der Waals surface area contributed by atoms with Gasteiger partial charge in [-0.3, -0.25) is 0 Å². The Morgan fingerprint density at radius 3 is 2.41 bits per heavy atom. The second-order valence-corrected chi connectivity index (χ2v) is 7.27. The van der Waals surface area contributed by atoms with E-state index in [1.807, 2.05) is 0 Å². The topological polar surface area (TPSA) is 17.3 Å². The first-order valence-electron chi connectivity index (χ1n) is 9.25. The van der Waals surface area contributed by atoms with E-state index in [1.165, 1.54) is 48.9 Å². The van der Waals surface area contributed by atoms with Crippen LogP contribution in [0.15, 0.2) is 84.9 Å². The molecule has 0 unspecified atom stereocenters. The number of para-hydroxylation sites is 2. The Bertz CT molecular complexity index is 1670. The summed E-state index contributed by atoms with van der Waals surface area (Å²) in [6.45, 7) is 0. The standard InChI is InChI=1S/C25H14N2/c1-3-10-20-16(6-1)14-22-24(26-20)19-9-5-7-15-12-13-18-17-8-2-4-11-21(17)27(22)25(18)23(15)19/h1-14H. The molecule has 3 heterocycles. The Kier molecular flexibility index (Phi) is 2.28. The summed E-state index contributed by atoms with van der Waals surface area (Å²) >= 11 is 0. The Morgan fingerprint density at radius 2 is 1.41 bits per heavy atom. The Morgan fingerprint density at radius 1 is 0.593 bits per heavy atom. The van der Waals surface area contributed by atoms with Crippen molar-refractivity contribution < 1.29 is 0 Å². The first-order valence-corrected chi connectivity index (χ1v) is 9.25. The van der Waals surface area contributed by atoms with Gasteiger partial charge in [0.1, 0.15) is 0 Å². The Labute approximate surface area is 154 Å². The molecule has 0 saturated heterocycles. The van der Waals surface area contributed by atoms with Gasteiger partial charge in [0.2, 0.25) is 0 Å². The number of aromatic nitrogens is 2. The van der Waals surface area contributed by atoms with Gasteiger partial charge in [-0.15, -0.1) is 0 Å². The number of fused-ring (bicyclic) bond motifs is 7. The van der Waals surface area contributed by atoms with Gasteiger partial charge in [-0.1, -0.05) is 66.7 Å². The van der Waals surface area contributed by atoms with Crippen LogP contribution >= 0.6 is 0 Å². The number of rotatable bonds is 0. The molecule has 3 aromatic heterocycles. The fourth-order valence-corrected chi connectivity index (χ4v) is 4.75. The maximum atomic E-state index is 5.09. The fourth-order valence-electron chi connectivity index (χ4n) is 4.75.